The summed E-state index contributed by atoms with van der Waals surface area (Å²) in [7, 11) is 0. The van der Waals surface area contributed by atoms with Crippen molar-refractivity contribution >= 4 is 29.0 Å². The molecule has 3 nitrogen and oxygen atoms in total. The summed E-state index contributed by atoms with van der Waals surface area (Å²) in [5.74, 6) is 1.01. The predicted molar refractivity (Wildman–Crippen MR) is 171 cm³/mol. The van der Waals surface area contributed by atoms with Crippen molar-refractivity contribution in [2.75, 3.05) is 0 Å². The lowest BCUT2D eigenvalue weighted by Gasteiger charge is -2.17. The number of unbranched alkanes of at least 4 members (excludes halogenated alkanes) is 14. The van der Waals surface area contributed by atoms with E-state index in [2.05, 4.69) is 6.92 Å². The quantitative estimate of drug-likeness (QED) is 0.123. The molecule has 40 heavy (non-hydrogen) atoms. The summed E-state index contributed by atoms with van der Waals surface area (Å²) in [6, 6.07) is 10.4. The maximum absolute atomic E-state index is 12.5. The second-order valence-corrected chi connectivity index (χ2v) is 13.1. The number of hydrogen-bond acceptors (Lipinski definition) is 3. The van der Waals surface area contributed by atoms with Gasteiger partial charge in [-0.2, -0.15) is 0 Å². The Morgan fingerprint density at radius 2 is 1.27 bits per heavy atom. The topological polar surface area (TPSA) is 46.5 Å². The van der Waals surface area contributed by atoms with E-state index in [4.69, 9.17) is 27.9 Å². The number of ether oxygens (including phenoxy) is 1. The highest BCUT2D eigenvalue weighted by atomic mass is 35.5. The molecule has 2 aromatic carbocycles. The molecule has 2 rings (SSSR count). The highest BCUT2D eigenvalue weighted by molar-refractivity contribution is 6.32. The van der Waals surface area contributed by atoms with E-state index in [0.717, 1.165) is 18.4 Å². The second kappa shape index (κ2) is 18.8. The van der Waals surface area contributed by atoms with Crippen LogP contribution in [0.2, 0.25) is 10.0 Å². The zero-order valence-electron chi connectivity index (χ0n) is 25.4. The lowest BCUT2D eigenvalue weighted by Crippen LogP contribution is -2.20. The average molecular weight is 592 g/mol. The van der Waals surface area contributed by atoms with Gasteiger partial charge >= 0.3 is 0 Å². The maximum atomic E-state index is 12.5. The number of carbonyl (C=O) groups is 1. The van der Waals surface area contributed by atoms with Gasteiger partial charge in [0.25, 0.3) is 0 Å². The number of ketones is 1. The van der Waals surface area contributed by atoms with Gasteiger partial charge in [0.1, 0.15) is 11.5 Å². The smallest absolute Gasteiger partial charge is 0.168 e. The molecule has 1 atom stereocenters. The summed E-state index contributed by atoms with van der Waals surface area (Å²) in [5.41, 5.74) is 0.791. The Hall–Kier alpha value is -1.55. The van der Waals surface area contributed by atoms with Crippen LogP contribution in [0.1, 0.15) is 152 Å². The number of Topliss-reactive ketones (excluding diaryl/α,β-unsaturated/α-hetero) is 1. The van der Waals surface area contributed by atoms with Crippen LogP contribution in [0.15, 0.2) is 36.4 Å². The molecule has 0 heterocycles. The minimum absolute atomic E-state index is 0.0245. The summed E-state index contributed by atoms with van der Waals surface area (Å²) in [4.78, 5) is 12.5. The first-order valence-corrected chi connectivity index (χ1v) is 16.4. The van der Waals surface area contributed by atoms with E-state index in [0.29, 0.717) is 33.5 Å². The fourth-order valence-corrected chi connectivity index (χ4v) is 5.51. The molecular formula is C35H52Cl2O3. The van der Waals surface area contributed by atoms with Crippen LogP contribution in [0.5, 0.6) is 11.5 Å². The first-order chi connectivity index (χ1) is 19.1. The Morgan fingerprint density at radius 3 is 1.75 bits per heavy atom. The van der Waals surface area contributed by atoms with Gasteiger partial charge in [0.15, 0.2) is 5.78 Å². The summed E-state index contributed by atoms with van der Waals surface area (Å²) < 4.78 is 5.93. The van der Waals surface area contributed by atoms with Gasteiger partial charge in [-0.3, -0.25) is 4.79 Å². The van der Waals surface area contributed by atoms with E-state index in [-0.39, 0.29) is 5.78 Å². The molecule has 0 bridgehead atoms. The van der Waals surface area contributed by atoms with E-state index in [9.17, 15) is 9.90 Å². The van der Waals surface area contributed by atoms with E-state index in [1.54, 1.807) is 30.3 Å². The molecule has 0 spiro atoms. The van der Waals surface area contributed by atoms with Crippen molar-refractivity contribution in [1.82, 2.24) is 0 Å². The first kappa shape index (κ1) is 34.7. The van der Waals surface area contributed by atoms with Crippen LogP contribution in [0, 0.1) is 5.41 Å². The van der Waals surface area contributed by atoms with Crippen molar-refractivity contribution in [3.63, 3.8) is 0 Å². The highest BCUT2D eigenvalue weighted by Crippen LogP contribution is 2.35. The molecule has 0 aliphatic heterocycles. The van der Waals surface area contributed by atoms with Crippen LogP contribution in [0.4, 0.5) is 0 Å². The molecule has 0 aromatic heterocycles. The average Bonchev–Trinajstić information content (AvgIpc) is 2.91. The third kappa shape index (κ3) is 13.0. The van der Waals surface area contributed by atoms with Crippen molar-refractivity contribution < 1.29 is 14.6 Å². The van der Waals surface area contributed by atoms with Gasteiger partial charge in [-0.15, -0.1) is 0 Å². The fraction of sp³-hybridized carbons (Fsp3) is 0.629. The number of benzene rings is 2. The van der Waals surface area contributed by atoms with E-state index >= 15 is 0 Å². The third-order valence-corrected chi connectivity index (χ3v) is 8.14. The SMILES string of the molecule is CCCCCCCCCCCCCCCCCC(O)c1ccc(Oc2ccc(C(=O)C(C)(C)C)cc2Cl)cc1Cl. The van der Waals surface area contributed by atoms with Gasteiger partial charge in [0, 0.05) is 11.0 Å². The molecule has 0 saturated carbocycles. The van der Waals surface area contributed by atoms with Crippen LogP contribution in [0.3, 0.4) is 0 Å². The summed E-state index contributed by atoms with van der Waals surface area (Å²) in [6.07, 6.45) is 20.0. The lowest BCUT2D eigenvalue weighted by molar-refractivity contribution is 0.0858. The van der Waals surface area contributed by atoms with Gasteiger partial charge in [-0.25, -0.2) is 0 Å². The normalized spacial score (nSPS) is 12.5. The predicted octanol–water partition coefficient (Wildman–Crippen LogP) is 12.3. The van der Waals surface area contributed by atoms with Gasteiger partial charge in [0.05, 0.1) is 16.1 Å². The molecule has 0 saturated heterocycles. The molecule has 224 valence electrons. The number of aliphatic hydroxyl groups is 1. The molecule has 5 heteroatoms. The molecular weight excluding hydrogens is 539 g/mol. The fourth-order valence-electron chi connectivity index (χ4n) is 4.99. The van der Waals surface area contributed by atoms with Crippen LogP contribution in [-0.2, 0) is 0 Å². The summed E-state index contributed by atoms with van der Waals surface area (Å²) in [6.45, 7) is 7.92. The summed E-state index contributed by atoms with van der Waals surface area (Å²) in [5, 5.41) is 11.5. The van der Waals surface area contributed by atoms with Crippen LogP contribution in [0.25, 0.3) is 0 Å². The number of halogens is 2. The first-order valence-electron chi connectivity index (χ1n) is 15.6. The number of carbonyl (C=O) groups excluding carboxylic acids is 1. The zero-order valence-corrected chi connectivity index (χ0v) is 26.9. The Morgan fingerprint density at radius 1 is 0.750 bits per heavy atom. The number of hydrogen-bond donors (Lipinski definition) is 1. The van der Waals surface area contributed by atoms with E-state index in [1.807, 2.05) is 26.8 Å². The van der Waals surface area contributed by atoms with Crippen molar-refractivity contribution in [1.29, 1.82) is 0 Å². The van der Waals surface area contributed by atoms with Gasteiger partial charge in [0.2, 0.25) is 0 Å². The number of aliphatic hydroxyl groups excluding tert-OH is 1. The van der Waals surface area contributed by atoms with Crippen molar-refractivity contribution in [2.45, 2.75) is 137 Å². The van der Waals surface area contributed by atoms with Crippen molar-refractivity contribution in [3.8, 4) is 11.5 Å². The molecule has 0 amide bonds. The highest BCUT2D eigenvalue weighted by Gasteiger charge is 2.23. The van der Waals surface area contributed by atoms with Crippen LogP contribution < -0.4 is 4.74 Å². The van der Waals surface area contributed by atoms with Crippen LogP contribution in [-0.4, -0.2) is 10.9 Å². The Bertz CT molecular complexity index is 1010. The number of rotatable bonds is 20. The zero-order chi connectivity index (χ0) is 29.4. The third-order valence-electron chi connectivity index (χ3n) is 7.52. The monoisotopic (exact) mass is 590 g/mol. The van der Waals surface area contributed by atoms with Crippen molar-refractivity contribution in [3.05, 3.63) is 57.6 Å². The molecule has 1 unspecified atom stereocenters. The Labute approximate surface area is 254 Å². The summed E-state index contributed by atoms with van der Waals surface area (Å²) >= 11 is 12.9. The molecule has 2 aromatic rings. The second-order valence-electron chi connectivity index (χ2n) is 12.3. The molecule has 0 fully saturated rings. The van der Waals surface area contributed by atoms with Gasteiger partial charge < -0.3 is 9.84 Å². The Kier molecular flexibility index (Phi) is 16.3. The van der Waals surface area contributed by atoms with Crippen molar-refractivity contribution in [2.24, 2.45) is 5.41 Å². The van der Waals surface area contributed by atoms with E-state index in [1.165, 1.54) is 83.5 Å². The standard InChI is InChI=1S/C35H52Cl2O3/c1-5-6-7-8-9-10-11-12-13-14-15-16-17-18-19-20-32(38)29-23-22-28(26-30(29)36)40-33-24-21-27(25-31(33)37)34(39)35(2,3)4/h21-26,32,38H,5-20H2,1-4H3. The molecule has 0 aliphatic rings. The van der Waals surface area contributed by atoms with Gasteiger partial charge in [-0.05, 0) is 42.3 Å². The molecule has 0 aliphatic carbocycles. The van der Waals surface area contributed by atoms with E-state index < -0.39 is 11.5 Å². The van der Waals surface area contributed by atoms with Gasteiger partial charge in [-0.1, -0.05) is 153 Å². The lowest BCUT2D eigenvalue weighted by atomic mass is 9.86. The van der Waals surface area contributed by atoms with Crippen LogP contribution >= 0.6 is 23.2 Å². The maximum Gasteiger partial charge on any atom is 0.168 e. The molecule has 1 N–H and O–H groups in total. The minimum atomic E-state index is -0.588. The minimum Gasteiger partial charge on any atom is -0.456 e. The molecule has 0 radical (unpaired) electrons. The largest absolute Gasteiger partial charge is 0.456 e. The Balaban J connectivity index is 1.64.